The molecule has 2 aromatic rings. The Morgan fingerprint density at radius 1 is 1.25 bits per heavy atom. The first-order valence-corrected chi connectivity index (χ1v) is 9.79. The number of benzene rings is 1. The van der Waals surface area contributed by atoms with Crippen molar-refractivity contribution in [2.24, 2.45) is 5.73 Å². The van der Waals surface area contributed by atoms with Crippen molar-refractivity contribution < 1.29 is 23.5 Å². The molecule has 1 aromatic heterocycles. The van der Waals surface area contributed by atoms with E-state index in [0.717, 1.165) is 24.6 Å². The Balaban J connectivity index is 1.65. The van der Waals surface area contributed by atoms with E-state index in [1.54, 1.807) is 37.3 Å². The molecule has 2 N–H and O–H groups in total. The molecular formula is C18H22N4O5S. The van der Waals surface area contributed by atoms with E-state index >= 15 is 0 Å². The number of hydrogen-bond acceptors (Lipinski definition) is 8. The van der Waals surface area contributed by atoms with E-state index in [9.17, 15) is 9.59 Å². The summed E-state index contributed by atoms with van der Waals surface area (Å²) >= 11 is 1.13. The predicted octanol–water partition coefficient (Wildman–Crippen LogP) is 1.71. The molecule has 0 radical (unpaired) electrons. The van der Waals surface area contributed by atoms with Crippen LogP contribution in [0, 0.1) is 0 Å². The fourth-order valence-electron chi connectivity index (χ4n) is 3.09. The summed E-state index contributed by atoms with van der Waals surface area (Å²) in [7, 11) is 3.10. The molecule has 1 atom stereocenters. The summed E-state index contributed by atoms with van der Waals surface area (Å²) in [5.74, 6) is 0.911. The van der Waals surface area contributed by atoms with Gasteiger partial charge < -0.3 is 24.5 Å². The first-order chi connectivity index (χ1) is 13.5. The highest BCUT2D eigenvalue weighted by atomic mass is 32.2. The zero-order valence-electron chi connectivity index (χ0n) is 15.7. The number of rotatable bonds is 7. The van der Waals surface area contributed by atoms with Gasteiger partial charge in [-0.05, 0) is 37.5 Å². The maximum absolute atomic E-state index is 12.5. The van der Waals surface area contributed by atoms with Crippen LogP contribution in [0.2, 0.25) is 0 Å². The lowest BCUT2D eigenvalue weighted by Gasteiger charge is -2.33. The second-order valence-corrected chi connectivity index (χ2v) is 7.16. The normalized spacial score (nSPS) is 16.6. The van der Waals surface area contributed by atoms with E-state index in [0.29, 0.717) is 35.9 Å². The monoisotopic (exact) mass is 406 g/mol. The van der Waals surface area contributed by atoms with Gasteiger partial charge in [0.25, 0.3) is 5.22 Å². The van der Waals surface area contributed by atoms with Gasteiger partial charge in [0.2, 0.25) is 17.7 Å². The highest BCUT2D eigenvalue weighted by Gasteiger charge is 2.30. The van der Waals surface area contributed by atoms with Crippen LogP contribution in [-0.2, 0) is 9.59 Å². The van der Waals surface area contributed by atoms with Crippen LogP contribution >= 0.6 is 11.8 Å². The molecule has 2 heterocycles. The van der Waals surface area contributed by atoms with Crippen molar-refractivity contribution >= 4 is 23.6 Å². The zero-order chi connectivity index (χ0) is 20.1. The third kappa shape index (κ3) is 4.38. The third-order valence-corrected chi connectivity index (χ3v) is 5.31. The molecule has 9 nitrogen and oxygen atoms in total. The van der Waals surface area contributed by atoms with E-state index in [4.69, 9.17) is 19.6 Å². The minimum atomic E-state index is -0.535. The molecule has 1 saturated heterocycles. The van der Waals surface area contributed by atoms with E-state index in [2.05, 4.69) is 10.2 Å². The minimum absolute atomic E-state index is 0.0946. The average Bonchev–Trinajstić information content (AvgIpc) is 3.20. The number of hydrogen-bond donors (Lipinski definition) is 1. The fourth-order valence-corrected chi connectivity index (χ4v) is 3.74. The van der Waals surface area contributed by atoms with Crippen LogP contribution in [0.5, 0.6) is 11.5 Å². The van der Waals surface area contributed by atoms with Crippen LogP contribution in [0.25, 0.3) is 11.5 Å². The molecule has 1 aromatic carbocycles. The number of carbonyl (C=O) groups is 2. The number of methoxy groups -OCH3 is 2. The van der Waals surface area contributed by atoms with E-state index < -0.39 is 11.9 Å². The van der Waals surface area contributed by atoms with Crippen LogP contribution in [0.1, 0.15) is 19.3 Å². The first kappa shape index (κ1) is 20.0. The molecule has 150 valence electrons. The number of piperidine rings is 1. The van der Waals surface area contributed by atoms with Gasteiger partial charge >= 0.3 is 0 Å². The number of thioether (sulfide) groups is 1. The van der Waals surface area contributed by atoms with Crippen LogP contribution in [0.4, 0.5) is 0 Å². The third-order valence-electron chi connectivity index (χ3n) is 4.51. The number of amides is 2. The van der Waals surface area contributed by atoms with Crippen LogP contribution in [-0.4, -0.2) is 59.5 Å². The number of carbonyl (C=O) groups excluding carboxylic acids is 2. The molecule has 0 saturated carbocycles. The second kappa shape index (κ2) is 8.96. The van der Waals surface area contributed by atoms with Crippen molar-refractivity contribution in [2.75, 3.05) is 26.5 Å². The number of nitrogens with zero attached hydrogens (tertiary/aromatic N) is 3. The highest BCUT2D eigenvalue weighted by Crippen LogP contribution is 2.32. The Morgan fingerprint density at radius 2 is 2.04 bits per heavy atom. The fraction of sp³-hybridized carbons (Fsp3) is 0.444. The molecule has 28 heavy (non-hydrogen) atoms. The molecule has 0 spiro atoms. The molecular weight excluding hydrogens is 384 g/mol. The van der Waals surface area contributed by atoms with Gasteiger partial charge in [0.1, 0.15) is 6.04 Å². The molecule has 1 aliphatic heterocycles. The maximum atomic E-state index is 12.5. The van der Waals surface area contributed by atoms with Gasteiger partial charge in [-0.25, -0.2) is 0 Å². The smallest absolute Gasteiger partial charge is 0.277 e. The highest BCUT2D eigenvalue weighted by molar-refractivity contribution is 7.99. The van der Waals surface area contributed by atoms with Crippen molar-refractivity contribution in [3.8, 4) is 23.0 Å². The number of ether oxygens (including phenoxy) is 2. The molecule has 2 amide bonds. The quantitative estimate of drug-likeness (QED) is 0.690. The lowest BCUT2D eigenvalue weighted by Crippen LogP contribution is -2.51. The summed E-state index contributed by atoms with van der Waals surface area (Å²) in [6, 6.07) is 4.72. The van der Waals surface area contributed by atoms with Crippen molar-refractivity contribution in [3.63, 3.8) is 0 Å². The molecule has 1 fully saturated rings. The summed E-state index contributed by atoms with van der Waals surface area (Å²) in [6.07, 6.45) is 2.36. The number of primary amides is 1. The van der Waals surface area contributed by atoms with E-state index in [-0.39, 0.29) is 16.9 Å². The van der Waals surface area contributed by atoms with Crippen molar-refractivity contribution in [3.05, 3.63) is 18.2 Å². The van der Waals surface area contributed by atoms with Crippen molar-refractivity contribution in [2.45, 2.75) is 30.5 Å². The maximum Gasteiger partial charge on any atom is 0.277 e. The van der Waals surface area contributed by atoms with Crippen molar-refractivity contribution in [1.82, 2.24) is 15.1 Å². The summed E-state index contributed by atoms with van der Waals surface area (Å²) in [4.78, 5) is 25.6. The molecule has 1 aliphatic rings. The van der Waals surface area contributed by atoms with Gasteiger partial charge in [-0.3, -0.25) is 9.59 Å². The average molecular weight is 406 g/mol. The van der Waals surface area contributed by atoms with E-state index in [1.807, 2.05) is 0 Å². The predicted molar refractivity (Wildman–Crippen MR) is 102 cm³/mol. The van der Waals surface area contributed by atoms with Gasteiger partial charge in [-0.2, -0.15) is 0 Å². The molecule has 0 unspecified atom stereocenters. The second-order valence-electron chi connectivity index (χ2n) is 6.23. The Bertz CT molecular complexity index is 856. The number of aromatic nitrogens is 2. The van der Waals surface area contributed by atoms with Crippen LogP contribution in [0.3, 0.4) is 0 Å². The SMILES string of the molecule is COc1ccc(-c2nnc(SCC(=O)N3CCCC[C@H]3C(N)=O)o2)cc1OC. The summed E-state index contributed by atoms with van der Waals surface area (Å²) in [5.41, 5.74) is 6.09. The van der Waals surface area contributed by atoms with E-state index in [1.165, 1.54) is 0 Å². The van der Waals surface area contributed by atoms with Gasteiger partial charge in [0.15, 0.2) is 11.5 Å². The molecule has 0 bridgehead atoms. The zero-order valence-corrected chi connectivity index (χ0v) is 16.5. The lowest BCUT2D eigenvalue weighted by molar-refractivity contribution is -0.138. The Kier molecular flexibility index (Phi) is 6.40. The standard InChI is InChI=1S/C18H22N4O5S/c1-25-13-7-6-11(9-14(13)26-2)17-20-21-18(27-17)28-10-15(23)22-8-4-3-5-12(22)16(19)24/h6-7,9,12H,3-5,8,10H2,1-2H3,(H2,19,24)/t12-/m0/s1. The largest absolute Gasteiger partial charge is 0.493 e. The van der Waals surface area contributed by atoms with Gasteiger partial charge in [-0.1, -0.05) is 11.8 Å². The van der Waals surface area contributed by atoms with Crippen LogP contribution < -0.4 is 15.2 Å². The Hall–Kier alpha value is -2.75. The first-order valence-electron chi connectivity index (χ1n) is 8.81. The summed E-state index contributed by atoms with van der Waals surface area (Å²) in [6.45, 7) is 0.535. The minimum Gasteiger partial charge on any atom is -0.493 e. The van der Waals surface area contributed by atoms with Gasteiger partial charge in [0.05, 0.1) is 20.0 Å². The summed E-state index contributed by atoms with van der Waals surface area (Å²) < 4.78 is 16.1. The lowest BCUT2D eigenvalue weighted by atomic mass is 10.0. The Morgan fingerprint density at radius 3 is 2.75 bits per heavy atom. The molecule has 0 aliphatic carbocycles. The Labute approximate surface area is 166 Å². The molecule has 10 heteroatoms. The number of likely N-dealkylation sites (tertiary alicyclic amines) is 1. The van der Waals surface area contributed by atoms with Crippen LogP contribution in [0.15, 0.2) is 27.8 Å². The molecule has 3 rings (SSSR count). The van der Waals surface area contributed by atoms with Gasteiger partial charge in [0, 0.05) is 12.1 Å². The topological polar surface area (TPSA) is 121 Å². The van der Waals surface area contributed by atoms with Gasteiger partial charge in [-0.15, -0.1) is 10.2 Å². The summed E-state index contributed by atoms with van der Waals surface area (Å²) in [5, 5.41) is 8.26. The van der Waals surface area contributed by atoms with Crippen molar-refractivity contribution in [1.29, 1.82) is 0 Å². The number of nitrogens with two attached hydrogens (primary N) is 1.